The van der Waals surface area contributed by atoms with Gasteiger partial charge >= 0.3 is 5.97 Å². The van der Waals surface area contributed by atoms with E-state index in [9.17, 15) is 4.79 Å². The molecule has 0 radical (unpaired) electrons. The molecule has 0 aliphatic carbocycles. The highest BCUT2D eigenvalue weighted by molar-refractivity contribution is 6.26. The van der Waals surface area contributed by atoms with E-state index in [1.807, 2.05) is 6.07 Å². The van der Waals surface area contributed by atoms with Crippen molar-refractivity contribution in [2.24, 2.45) is 10.9 Å². The molecule has 80 valence electrons. The molecule has 15 heavy (non-hydrogen) atoms. The second-order valence-electron chi connectivity index (χ2n) is 2.68. The van der Waals surface area contributed by atoms with E-state index >= 15 is 0 Å². The van der Waals surface area contributed by atoms with Gasteiger partial charge in [-0.1, -0.05) is 11.2 Å². The first kappa shape index (κ1) is 11.5. The van der Waals surface area contributed by atoms with Crippen molar-refractivity contribution in [2.45, 2.75) is 6.42 Å². The molecule has 0 aliphatic heterocycles. The van der Waals surface area contributed by atoms with Gasteiger partial charge in [0.15, 0.2) is 0 Å². The Morgan fingerprint density at radius 3 is 3.00 bits per heavy atom. The zero-order chi connectivity index (χ0) is 11.1. The van der Waals surface area contributed by atoms with Crippen molar-refractivity contribution in [3.8, 4) is 0 Å². The summed E-state index contributed by atoms with van der Waals surface area (Å²) in [4.78, 5) is 19.1. The van der Waals surface area contributed by atoms with E-state index in [2.05, 4.69) is 15.0 Å². The molecule has 5 nitrogen and oxygen atoms in total. The fourth-order valence-corrected chi connectivity index (χ4v) is 0.903. The lowest BCUT2D eigenvalue weighted by atomic mass is 10.2. The summed E-state index contributed by atoms with van der Waals surface area (Å²) in [6.45, 7) is 0. The average Bonchev–Trinajstić information content (AvgIpc) is 2.27. The number of alkyl halides is 1. The number of carbonyl (C=O) groups is 1. The van der Waals surface area contributed by atoms with Crippen molar-refractivity contribution in [3.05, 3.63) is 30.1 Å². The molecule has 0 saturated heterocycles. The summed E-state index contributed by atoms with van der Waals surface area (Å²) in [7, 11) is 0. The third-order valence-electron chi connectivity index (χ3n) is 1.46. The number of oxime groups is 1. The van der Waals surface area contributed by atoms with Crippen molar-refractivity contribution >= 4 is 23.4 Å². The van der Waals surface area contributed by atoms with Crippen LogP contribution in [0.1, 0.15) is 5.69 Å². The van der Waals surface area contributed by atoms with Crippen LogP contribution in [0.2, 0.25) is 0 Å². The number of rotatable bonds is 4. The molecule has 0 atom stereocenters. The standard InChI is InChI=1S/C9H10ClN3O2/c10-6-9(14)15-13-8(11)5-7-3-1-2-4-12-7/h1-4H,5-6H2,(H2,11,13). The largest absolute Gasteiger partial charge is 0.384 e. The molecular weight excluding hydrogens is 218 g/mol. The smallest absolute Gasteiger partial charge is 0.349 e. The normalized spacial score (nSPS) is 11.1. The molecule has 0 aromatic carbocycles. The number of hydrogen-bond donors (Lipinski definition) is 1. The van der Waals surface area contributed by atoms with Gasteiger partial charge in [0, 0.05) is 11.9 Å². The number of amidine groups is 1. The highest BCUT2D eigenvalue weighted by atomic mass is 35.5. The van der Waals surface area contributed by atoms with E-state index in [0.29, 0.717) is 6.42 Å². The Morgan fingerprint density at radius 2 is 2.40 bits per heavy atom. The molecule has 1 rings (SSSR count). The minimum atomic E-state index is -0.638. The van der Waals surface area contributed by atoms with Crippen LogP contribution in [0.5, 0.6) is 0 Å². The lowest BCUT2D eigenvalue weighted by Crippen LogP contribution is -2.17. The van der Waals surface area contributed by atoms with Crippen molar-refractivity contribution < 1.29 is 9.63 Å². The van der Waals surface area contributed by atoms with E-state index in [4.69, 9.17) is 17.3 Å². The van der Waals surface area contributed by atoms with Crippen LogP contribution in [-0.4, -0.2) is 22.7 Å². The molecule has 0 bridgehead atoms. The first-order valence-corrected chi connectivity index (χ1v) is 4.74. The predicted octanol–water partition coefficient (Wildman–Crippen LogP) is 0.678. The fraction of sp³-hybridized carbons (Fsp3) is 0.222. The minimum Gasteiger partial charge on any atom is -0.384 e. The van der Waals surface area contributed by atoms with Crippen LogP contribution in [0.25, 0.3) is 0 Å². The molecule has 0 aliphatic rings. The third-order valence-corrected chi connectivity index (χ3v) is 1.68. The molecule has 0 amide bonds. The molecule has 1 heterocycles. The summed E-state index contributed by atoms with van der Waals surface area (Å²) in [5.74, 6) is -0.715. The summed E-state index contributed by atoms with van der Waals surface area (Å²) in [5.41, 5.74) is 6.25. The van der Waals surface area contributed by atoms with Crippen LogP contribution < -0.4 is 5.73 Å². The monoisotopic (exact) mass is 227 g/mol. The van der Waals surface area contributed by atoms with Gasteiger partial charge in [-0.2, -0.15) is 0 Å². The number of halogens is 1. The predicted molar refractivity (Wildman–Crippen MR) is 56.4 cm³/mol. The number of nitrogens with zero attached hydrogens (tertiary/aromatic N) is 2. The number of hydrogen-bond acceptors (Lipinski definition) is 4. The lowest BCUT2D eigenvalue weighted by molar-refractivity contribution is -0.140. The van der Waals surface area contributed by atoms with E-state index in [-0.39, 0.29) is 11.7 Å². The number of carbonyl (C=O) groups excluding carboxylic acids is 1. The SMILES string of the molecule is N/C(Cc1ccccn1)=N\OC(=O)CCl. The van der Waals surface area contributed by atoms with Gasteiger partial charge in [-0.05, 0) is 12.1 Å². The Balaban J connectivity index is 2.48. The average molecular weight is 228 g/mol. The Kier molecular flexibility index (Phi) is 4.56. The van der Waals surface area contributed by atoms with Crippen LogP contribution >= 0.6 is 11.6 Å². The van der Waals surface area contributed by atoms with Crippen LogP contribution in [0.4, 0.5) is 0 Å². The molecular formula is C9H10ClN3O2. The van der Waals surface area contributed by atoms with Gasteiger partial charge in [0.2, 0.25) is 0 Å². The van der Waals surface area contributed by atoms with Crippen molar-refractivity contribution in [2.75, 3.05) is 5.88 Å². The van der Waals surface area contributed by atoms with Crippen LogP contribution in [0, 0.1) is 0 Å². The van der Waals surface area contributed by atoms with Crippen LogP contribution in [0.15, 0.2) is 29.6 Å². The number of aromatic nitrogens is 1. The molecule has 1 aromatic rings. The second-order valence-corrected chi connectivity index (χ2v) is 2.94. The molecule has 0 saturated carbocycles. The van der Waals surface area contributed by atoms with Crippen molar-refractivity contribution in [1.82, 2.24) is 4.98 Å². The Bertz CT molecular complexity index is 354. The van der Waals surface area contributed by atoms with E-state index < -0.39 is 5.97 Å². The van der Waals surface area contributed by atoms with Crippen molar-refractivity contribution in [3.63, 3.8) is 0 Å². The van der Waals surface area contributed by atoms with Gasteiger partial charge in [-0.25, -0.2) is 4.79 Å². The zero-order valence-corrected chi connectivity index (χ0v) is 8.65. The molecule has 0 spiro atoms. The minimum absolute atomic E-state index is 0.173. The molecule has 0 unspecified atom stereocenters. The highest BCUT2D eigenvalue weighted by Gasteiger charge is 2.01. The maximum Gasteiger partial charge on any atom is 0.349 e. The van der Waals surface area contributed by atoms with Gasteiger partial charge in [0.05, 0.1) is 6.42 Å². The van der Waals surface area contributed by atoms with Gasteiger partial charge in [-0.15, -0.1) is 11.6 Å². The molecule has 6 heteroatoms. The van der Waals surface area contributed by atoms with E-state index in [1.165, 1.54) is 0 Å². The topological polar surface area (TPSA) is 77.6 Å². The van der Waals surface area contributed by atoms with Crippen LogP contribution in [0.3, 0.4) is 0 Å². The molecule has 0 fully saturated rings. The molecule has 2 N–H and O–H groups in total. The Morgan fingerprint density at radius 1 is 1.60 bits per heavy atom. The highest BCUT2D eigenvalue weighted by Crippen LogP contribution is 1.95. The van der Waals surface area contributed by atoms with Gasteiger partial charge in [-0.3, -0.25) is 4.98 Å². The van der Waals surface area contributed by atoms with Gasteiger partial charge < -0.3 is 10.6 Å². The van der Waals surface area contributed by atoms with Gasteiger partial charge in [0.1, 0.15) is 11.7 Å². The lowest BCUT2D eigenvalue weighted by Gasteiger charge is -1.99. The Hall–Kier alpha value is -1.62. The summed E-state index contributed by atoms with van der Waals surface area (Å²) < 4.78 is 0. The fourth-order valence-electron chi connectivity index (χ4n) is 0.854. The van der Waals surface area contributed by atoms with E-state index in [1.54, 1.807) is 18.3 Å². The maximum absolute atomic E-state index is 10.6. The van der Waals surface area contributed by atoms with E-state index in [0.717, 1.165) is 5.69 Å². The number of pyridine rings is 1. The van der Waals surface area contributed by atoms with Crippen LogP contribution in [-0.2, 0) is 16.1 Å². The first-order valence-electron chi connectivity index (χ1n) is 4.20. The zero-order valence-electron chi connectivity index (χ0n) is 7.89. The second kappa shape index (κ2) is 5.98. The summed E-state index contributed by atoms with van der Waals surface area (Å²) in [5, 5.41) is 3.41. The number of nitrogens with two attached hydrogens (primary N) is 1. The summed E-state index contributed by atoms with van der Waals surface area (Å²) in [6, 6.07) is 5.43. The Labute approximate surface area is 91.9 Å². The quantitative estimate of drug-likeness (QED) is 0.270. The maximum atomic E-state index is 10.6. The van der Waals surface area contributed by atoms with Gasteiger partial charge in [0.25, 0.3) is 0 Å². The summed E-state index contributed by atoms with van der Waals surface area (Å²) in [6.07, 6.45) is 1.98. The first-order chi connectivity index (χ1) is 7.22. The summed E-state index contributed by atoms with van der Waals surface area (Å²) >= 11 is 5.20. The third kappa shape index (κ3) is 4.42. The van der Waals surface area contributed by atoms with Crippen molar-refractivity contribution in [1.29, 1.82) is 0 Å². The molecule has 1 aromatic heterocycles.